The van der Waals surface area contributed by atoms with Crippen LogP contribution in [0.15, 0.2) is 36.5 Å². The van der Waals surface area contributed by atoms with Crippen LogP contribution in [0.4, 0.5) is 19.0 Å². The van der Waals surface area contributed by atoms with Gasteiger partial charge in [0.05, 0.1) is 18.8 Å². The molecule has 7 nitrogen and oxygen atoms in total. The number of anilines is 1. The molecule has 0 saturated carbocycles. The number of nitrogens with one attached hydrogen (secondary N) is 2. The quantitative estimate of drug-likeness (QED) is 0.689. The van der Waals surface area contributed by atoms with Crippen LogP contribution >= 0.6 is 11.6 Å². The molecule has 3 rings (SSSR count). The number of carboxylic acids is 1. The highest BCUT2D eigenvalue weighted by Gasteiger charge is 2.43. The van der Waals surface area contributed by atoms with E-state index in [0.717, 1.165) is 12.1 Å². The fraction of sp³-hybridized carbons (Fsp3) is 0.389. The number of hydrogen-bond donors (Lipinski definition) is 3. The molecule has 0 bridgehead atoms. The lowest BCUT2D eigenvalue weighted by atomic mass is 9.77. The van der Waals surface area contributed by atoms with Gasteiger partial charge in [-0.25, -0.2) is 9.48 Å². The third kappa shape index (κ3) is 6.20. The Hall–Kier alpha value is -2.59. The minimum absolute atomic E-state index is 0.00882. The van der Waals surface area contributed by atoms with E-state index in [1.165, 1.54) is 0 Å². The summed E-state index contributed by atoms with van der Waals surface area (Å²) in [6.07, 6.45) is -3.40. The van der Waals surface area contributed by atoms with Gasteiger partial charge in [0, 0.05) is 23.0 Å². The van der Waals surface area contributed by atoms with E-state index >= 15 is 0 Å². The Balaban J connectivity index is 0.000000370. The van der Waals surface area contributed by atoms with Gasteiger partial charge in [-0.1, -0.05) is 37.6 Å². The third-order valence-electron chi connectivity index (χ3n) is 4.26. The molecular formula is C18H20ClF3N4O3. The molecule has 3 N–H and O–H groups in total. The molecule has 29 heavy (non-hydrogen) atoms. The molecule has 2 aromatic rings. The lowest BCUT2D eigenvalue weighted by Crippen LogP contribution is -2.64. The first-order valence-electron chi connectivity index (χ1n) is 8.51. The largest absolute Gasteiger partial charge is 0.490 e. The summed E-state index contributed by atoms with van der Waals surface area (Å²) < 4.78 is 33.5. The van der Waals surface area contributed by atoms with Crippen molar-refractivity contribution in [1.82, 2.24) is 15.1 Å². The van der Waals surface area contributed by atoms with Crippen LogP contribution < -0.4 is 10.6 Å². The summed E-state index contributed by atoms with van der Waals surface area (Å²) in [4.78, 5) is 21.2. The number of halogens is 4. The van der Waals surface area contributed by atoms with E-state index < -0.39 is 12.1 Å². The Morgan fingerprint density at radius 1 is 1.31 bits per heavy atom. The van der Waals surface area contributed by atoms with Crippen LogP contribution in [0.25, 0.3) is 0 Å². The number of carboxylic acid groups (broad SMARTS) is 1. The highest BCUT2D eigenvalue weighted by Crippen LogP contribution is 2.28. The standard InChI is InChI=1S/C16H19ClN4O.C2HF3O2/c1-16(2)10-18-14(16)15(22)20-13-7-8-19-21(13)9-11-3-5-12(17)6-4-11;3-2(4,5)1(6)7/h3-8,14,18H,9-10H2,1-2H3,(H,20,22);(H,6,7). The first-order valence-corrected chi connectivity index (χ1v) is 8.88. The molecule has 0 radical (unpaired) electrons. The Morgan fingerprint density at radius 2 is 1.90 bits per heavy atom. The minimum Gasteiger partial charge on any atom is -0.475 e. The second-order valence-corrected chi connectivity index (χ2v) is 7.53. The first kappa shape index (κ1) is 22.7. The van der Waals surface area contributed by atoms with Crippen molar-refractivity contribution in [2.45, 2.75) is 32.6 Å². The maximum absolute atomic E-state index is 12.3. The molecule has 1 unspecified atom stereocenters. The van der Waals surface area contributed by atoms with E-state index in [9.17, 15) is 18.0 Å². The molecule has 2 heterocycles. The Bertz CT molecular complexity index is 866. The molecule has 1 amide bonds. The Kier molecular flexibility index (Phi) is 6.91. The van der Waals surface area contributed by atoms with Gasteiger partial charge < -0.3 is 15.7 Å². The maximum atomic E-state index is 12.3. The average Bonchev–Trinajstić information content (AvgIpc) is 3.02. The van der Waals surface area contributed by atoms with Gasteiger partial charge in [-0.3, -0.25) is 4.79 Å². The van der Waals surface area contributed by atoms with Gasteiger partial charge in [0.2, 0.25) is 5.91 Å². The fourth-order valence-electron chi connectivity index (χ4n) is 2.59. The van der Waals surface area contributed by atoms with Crippen molar-refractivity contribution >= 4 is 29.3 Å². The van der Waals surface area contributed by atoms with Crippen LogP contribution in [0.5, 0.6) is 0 Å². The second kappa shape index (κ2) is 8.83. The molecule has 1 aromatic carbocycles. The molecule has 1 atom stereocenters. The van der Waals surface area contributed by atoms with Gasteiger partial charge in [-0.15, -0.1) is 0 Å². The van der Waals surface area contributed by atoms with E-state index in [0.29, 0.717) is 17.4 Å². The van der Waals surface area contributed by atoms with E-state index in [4.69, 9.17) is 21.5 Å². The molecule has 1 aromatic heterocycles. The number of aliphatic carboxylic acids is 1. The fourth-order valence-corrected chi connectivity index (χ4v) is 2.71. The molecule has 1 fully saturated rings. The van der Waals surface area contributed by atoms with E-state index in [1.807, 2.05) is 24.3 Å². The molecule has 1 saturated heterocycles. The number of hydrogen-bond acceptors (Lipinski definition) is 4. The number of carbonyl (C=O) groups is 2. The van der Waals surface area contributed by atoms with Crippen molar-refractivity contribution in [2.75, 3.05) is 11.9 Å². The molecule has 1 aliphatic rings. The van der Waals surface area contributed by atoms with E-state index in [2.05, 4.69) is 29.6 Å². The second-order valence-electron chi connectivity index (χ2n) is 7.10. The van der Waals surface area contributed by atoms with Gasteiger partial charge in [0.1, 0.15) is 5.82 Å². The van der Waals surface area contributed by atoms with Crippen molar-refractivity contribution in [2.24, 2.45) is 5.41 Å². The summed E-state index contributed by atoms with van der Waals surface area (Å²) in [7, 11) is 0. The molecule has 11 heteroatoms. The van der Waals surface area contributed by atoms with Gasteiger partial charge in [0.15, 0.2) is 0 Å². The smallest absolute Gasteiger partial charge is 0.475 e. The summed E-state index contributed by atoms with van der Waals surface area (Å²) in [5.41, 5.74) is 1.07. The van der Waals surface area contributed by atoms with E-state index in [1.54, 1.807) is 16.9 Å². The zero-order valence-electron chi connectivity index (χ0n) is 15.6. The zero-order chi connectivity index (χ0) is 21.8. The number of benzene rings is 1. The monoisotopic (exact) mass is 432 g/mol. The molecule has 0 spiro atoms. The van der Waals surface area contributed by atoms with Crippen molar-refractivity contribution < 1.29 is 27.9 Å². The summed E-state index contributed by atoms with van der Waals surface area (Å²) in [5.74, 6) is -2.08. The SMILES string of the molecule is CC1(C)CNC1C(=O)Nc1ccnn1Cc1ccc(Cl)cc1.O=C(O)C(F)(F)F. The number of rotatable bonds is 4. The van der Waals surface area contributed by atoms with Crippen LogP contribution in [-0.2, 0) is 16.1 Å². The third-order valence-corrected chi connectivity index (χ3v) is 4.51. The zero-order valence-corrected chi connectivity index (χ0v) is 16.4. The Labute approximate surface area is 169 Å². The summed E-state index contributed by atoms with van der Waals surface area (Å²) >= 11 is 5.89. The average molecular weight is 433 g/mol. The van der Waals surface area contributed by atoms with Crippen LogP contribution in [0.3, 0.4) is 0 Å². The summed E-state index contributed by atoms with van der Waals surface area (Å²) in [6.45, 7) is 5.61. The highest BCUT2D eigenvalue weighted by atomic mass is 35.5. The van der Waals surface area contributed by atoms with Gasteiger partial charge >= 0.3 is 12.1 Å². The van der Waals surface area contributed by atoms with Gasteiger partial charge in [-0.2, -0.15) is 18.3 Å². The molecule has 0 aliphatic carbocycles. The van der Waals surface area contributed by atoms with Gasteiger partial charge in [-0.05, 0) is 17.7 Å². The van der Waals surface area contributed by atoms with Crippen LogP contribution in [0.2, 0.25) is 5.02 Å². The molecular weight excluding hydrogens is 413 g/mol. The number of nitrogens with zero attached hydrogens (tertiary/aromatic N) is 2. The number of carbonyl (C=O) groups excluding carboxylic acids is 1. The lowest BCUT2D eigenvalue weighted by Gasteiger charge is -2.44. The van der Waals surface area contributed by atoms with E-state index in [-0.39, 0.29) is 17.4 Å². The summed E-state index contributed by atoms with van der Waals surface area (Å²) in [5, 5.41) is 18.2. The summed E-state index contributed by atoms with van der Waals surface area (Å²) in [6, 6.07) is 9.24. The van der Waals surface area contributed by atoms with Crippen molar-refractivity contribution in [3.8, 4) is 0 Å². The minimum atomic E-state index is -5.08. The molecule has 1 aliphatic heterocycles. The topological polar surface area (TPSA) is 96.3 Å². The highest BCUT2D eigenvalue weighted by molar-refractivity contribution is 6.30. The molecule has 158 valence electrons. The van der Waals surface area contributed by atoms with Crippen LogP contribution in [-0.4, -0.2) is 45.5 Å². The normalized spacial score (nSPS) is 17.5. The van der Waals surface area contributed by atoms with Crippen molar-refractivity contribution in [1.29, 1.82) is 0 Å². The number of alkyl halides is 3. The first-order chi connectivity index (χ1) is 13.4. The predicted octanol–water partition coefficient (Wildman–Crippen LogP) is 3.15. The number of aromatic nitrogens is 2. The van der Waals surface area contributed by atoms with Gasteiger partial charge in [0.25, 0.3) is 0 Å². The van der Waals surface area contributed by atoms with Crippen molar-refractivity contribution in [3.63, 3.8) is 0 Å². The lowest BCUT2D eigenvalue weighted by molar-refractivity contribution is -0.192. The van der Waals surface area contributed by atoms with Crippen LogP contribution in [0.1, 0.15) is 19.4 Å². The van der Waals surface area contributed by atoms with Crippen molar-refractivity contribution in [3.05, 3.63) is 47.1 Å². The number of amides is 1. The predicted molar refractivity (Wildman–Crippen MR) is 101 cm³/mol. The maximum Gasteiger partial charge on any atom is 0.490 e. The Morgan fingerprint density at radius 3 is 2.34 bits per heavy atom. The van der Waals surface area contributed by atoms with Crippen LogP contribution in [0, 0.1) is 5.41 Å².